The Morgan fingerprint density at radius 3 is 3.20 bits per heavy atom. The molecule has 0 amide bonds. The molecule has 0 radical (unpaired) electrons. The lowest BCUT2D eigenvalue weighted by atomic mass is 10.2. The van der Waals surface area contributed by atoms with Crippen LogP contribution in [0.15, 0.2) is 18.3 Å². The van der Waals surface area contributed by atoms with Gasteiger partial charge >= 0.3 is 0 Å². The van der Waals surface area contributed by atoms with E-state index in [2.05, 4.69) is 16.8 Å². The van der Waals surface area contributed by atoms with Gasteiger partial charge < -0.3 is 14.4 Å². The van der Waals surface area contributed by atoms with Crippen molar-refractivity contribution in [3.63, 3.8) is 0 Å². The predicted octanol–water partition coefficient (Wildman–Crippen LogP) is 1.32. The molecule has 0 spiro atoms. The summed E-state index contributed by atoms with van der Waals surface area (Å²) in [6, 6.07) is 4.17. The molecule has 1 fully saturated rings. The number of anilines is 1. The summed E-state index contributed by atoms with van der Waals surface area (Å²) in [7, 11) is 1.67. The lowest BCUT2D eigenvalue weighted by Crippen LogP contribution is -2.44. The standard InChI is InChI=1S/C11H16N2O2/c1-9-8-15-7-6-13(9)11-10(14-2)4-3-5-12-11/h3-5,9H,6-8H2,1-2H3/t9-/m1/s1. The van der Waals surface area contributed by atoms with E-state index in [9.17, 15) is 0 Å². The first-order valence-corrected chi connectivity index (χ1v) is 5.16. The maximum atomic E-state index is 5.40. The number of hydrogen-bond donors (Lipinski definition) is 0. The third-order valence-corrected chi connectivity index (χ3v) is 2.61. The minimum atomic E-state index is 0.350. The molecule has 0 bridgehead atoms. The predicted molar refractivity (Wildman–Crippen MR) is 58.4 cm³/mol. The Morgan fingerprint density at radius 2 is 2.47 bits per heavy atom. The third-order valence-electron chi connectivity index (χ3n) is 2.61. The van der Waals surface area contributed by atoms with Gasteiger partial charge in [-0.25, -0.2) is 4.98 Å². The molecule has 1 atom stereocenters. The van der Waals surface area contributed by atoms with Crippen LogP contribution in [0.4, 0.5) is 5.82 Å². The second kappa shape index (κ2) is 4.49. The SMILES string of the molecule is COc1cccnc1N1CCOC[C@H]1C. The third kappa shape index (κ3) is 2.04. The normalized spacial score (nSPS) is 21.5. The zero-order chi connectivity index (χ0) is 10.7. The Labute approximate surface area is 89.8 Å². The summed E-state index contributed by atoms with van der Waals surface area (Å²) in [5.41, 5.74) is 0. The molecule has 4 nitrogen and oxygen atoms in total. The molecule has 2 heterocycles. The summed E-state index contributed by atoms with van der Waals surface area (Å²) in [5.74, 6) is 1.74. The highest BCUT2D eigenvalue weighted by Gasteiger charge is 2.22. The Balaban J connectivity index is 2.26. The summed E-state index contributed by atoms with van der Waals surface area (Å²) in [6.07, 6.45) is 1.79. The molecule has 1 aliphatic rings. The molecular formula is C11H16N2O2. The molecule has 1 aromatic heterocycles. The number of methoxy groups -OCH3 is 1. The maximum absolute atomic E-state index is 5.40. The lowest BCUT2D eigenvalue weighted by Gasteiger charge is -2.34. The largest absolute Gasteiger partial charge is 0.493 e. The van der Waals surface area contributed by atoms with Crippen LogP contribution < -0.4 is 9.64 Å². The van der Waals surface area contributed by atoms with Gasteiger partial charge in [0.05, 0.1) is 26.4 Å². The van der Waals surface area contributed by atoms with Crippen molar-refractivity contribution in [1.82, 2.24) is 4.98 Å². The van der Waals surface area contributed by atoms with E-state index in [4.69, 9.17) is 9.47 Å². The molecule has 2 rings (SSSR count). The van der Waals surface area contributed by atoms with Crippen molar-refractivity contribution >= 4 is 5.82 Å². The molecule has 0 aliphatic carbocycles. The number of pyridine rings is 1. The van der Waals surface area contributed by atoms with Crippen molar-refractivity contribution in [1.29, 1.82) is 0 Å². The molecule has 0 N–H and O–H groups in total. The van der Waals surface area contributed by atoms with E-state index in [1.807, 2.05) is 12.1 Å². The highest BCUT2D eigenvalue weighted by molar-refractivity contribution is 5.52. The first kappa shape index (κ1) is 10.2. The van der Waals surface area contributed by atoms with E-state index >= 15 is 0 Å². The molecule has 0 saturated carbocycles. The average molecular weight is 208 g/mol. The van der Waals surface area contributed by atoms with E-state index in [-0.39, 0.29) is 0 Å². The minimum Gasteiger partial charge on any atom is -0.493 e. The molecule has 1 aromatic rings. The summed E-state index contributed by atoms with van der Waals surface area (Å²) in [5, 5.41) is 0. The Hall–Kier alpha value is -1.29. The molecule has 0 unspecified atom stereocenters. The Bertz CT molecular complexity index is 330. The highest BCUT2D eigenvalue weighted by Crippen LogP contribution is 2.27. The van der Waals surface area contributed by atoms with Gasteiger partial charge in [-0.1, -0.05) is 0 Å². The monoisotopic (exact) mass is 208 g/mol. The van der Waals surface area contributed by atoms with Gasteiger partial charge in [-0.15, -0.1) is 0 Å². The second-order valence-corrected chi connectivity index (χ2v) is 3.65. The van der Waals surface area contributed by atoms with Gasteiger partial charge in [-0.3, -0.25) is 0 Å². The Kier molecular flexibility index (Phi) is 3.06. The Morgan fingerprint density at radius 1 is 1.60 bits per heavy atom. The molecule has 1 saturated heterocycles. The first-order chi connectivity index (χ1) is 7.33. The molecular weight excluding hydrogens is 192 g/mol. The average Bonchev–Trinajstić information content (AvgIpc) is 2.30. The van der Waals surface area contributed by atoms with Gasteiger partial charge in [0.2, 0.25) is 0 Å². The number of morpholine rings is 1. The zero-order valence-corrected chi connectivity index (χ0v) is 9.14. The van der Waals surface area contributed by atoms with Gasteiger partial charge in [-0.2, -0.15) is 0 Å². The van der Waals surface area contributed by atoms with Crippen LogP contribution in [0.1, 0.15) is 6.92 Å². The zero-order valence-electron chi connectivity index (χ0n) is 9.14. The summed E-state index contributed by atoms with van der Waals surface area (Å²) < 4.78 is 10.7. The van der Waals surface area contributed by atoms with Crippen LogP contribution in [0.5, 0.6) is 5.75 Å². The number of rotatable bonds is 2. The molecule has 82 valence electrons. The van der Waals surface area contributed by atoms with Crippen LogP contribution in [0.25, 0.3) is 0 Å². The van der Waals surface area contributed by atoms with Crippen molar-refractivity contribution < 1.29 is 9.47 Å². The topological polar surface area (TPSA) is 34.6 Å². The van der Waals surface area contributed by atoms with Crippen LogP contribution in [0.2, 0.25) is 0 Å². The van der Waals surface area contributed by atoms with Crippen LogP contribution >= 0.6 is 0 Å². The number of ether oxygens (including phenoxy) is 2. The summed E-state index contributed by atoms with van der Waals surface area (Å²) >= 11 is 0. The van der Waals surface area contributed by atoms with E-state index < -0.39 is 0 Å². The molecule has 0 aromatic carbocycles. The smallest absolute Gasteiger partial charge is 0.171 e. The molecule has 1 aliphatic heterocycles. The maximum Gasteiger partial charge on any atom is 0.171 e. The first-order valence-electron chi connectivity index (χ1n) is 5.16. The van der Waals surface area contributed by atoms with E-state index in [1.54, 1.807) is 13.3 Å². The van der Waals surface area contributed by atoms with Crippen molar-refractivity contribution in [2.75, 3.05) is 31.8 Å². The van der Waals surface area contributed by atoms with Crippen molar-refractivity contribution in [2.24, 2.45) is 0 Å². The van der Waals surface area contributed by atoms with Gasteiger partial charge in [0.25, 0.3) is 0 Å². The minimum absolute atomic E-state index is 0.350. The summed E-state index contributed by atoms with van der Waals surface area (Å²) in [6.45, 7) is 4.51. The number of hydrogen-bond acceptors (Lipinski definition) is 4. The number of nitrogens with zero attached hydrogens (tertiary/aromatic N) is 2. The molecule has 4 heteroatoms. The van der Waals surface area contributed by atoms with Crippen molar-refractivity contribution in [3.05, 3.63) is 18.3 Å². The van der Waals surface area contributed by atoms with Gasteiger partial charge in [-0.05, 0) is 19.1 Å². The van der Waals surface area contributed by atoms with Gasteiger partial charge in [0.1, 0.15) is 0 Å². The lowest BCUT2D eigenvalue weighted by molar-refractivity contribution is 0.0982. The van der Waals surface area contributed by atoms with Crippen molar-refractivity contribution in [2.45, 2.75) is 13.0 Å². The van der Waals surface area contributed by atoms with Crippen LogP contribution in [-0.4, -0.2) is 37.9 Å². The van der Waals surface area contributed by atoms with Crippen molar-refractivity contribution in [3.8, 4) is 5.75 Å². The van der Waals surface area contributed by atoms with Gasteiger partial charge in [0.15, 0.2) is 11.6 Å². The van der Waals surface area contributed by atoms with E-state index in [0.717, 1.165) is 31.3 Å². The van der Waals surface area contributed by atoms with Crippen LogP contribution in [-0.2, 0) is 4.74 Å². The summed E-state index contributed by atoms with van der Waals surface area (Å²) in [4.78, 5) is 6.59. The molecule has 15 heavy (non-hydrogen) atoms. The highest BCUT2D eigenvalue weighted by atomic mass is 16.5. The fourth-order valence-electron chi connectivity index (χ4n) is 1.80. The van der Waals surface area contributed by atoms with Crippen LogP contribution in [0.3, 0.4) is 0 Å². The van der Waals surface area contributed by atoms with E-state index in [1.165, 1.54) is 0 Å². The van der Waals surface area contributed by atoms with Gasteiger partial charge in [0, 0.05) is 12.7 Å². The second-order valence-electron chi connectivity index (χ2n) is 3.65. The number of aromatic nitrogens is 1. The fourth-order valence-corrected chi connectivity index (χ4v) is 1.80. The fraction of sp³-hybridized carbons (Fsp3) is 0.545. The van der Waals surface area contributed by atoms with E-state index in [0.29, 0.717) is 6.04 Å². The quantitative estimate of drug-likeness (QED) is 0.734. The van der Waals surface area contributed by atoms with Crippen LogP contribution in [0, 0.1) is 0 Å².